The Bertz CT molecular complexity index is 1700. The molecule has 0 bridgehead atoms. The van der Waals surface area contributed by atoms with Gasteiger partial charge in [-0.2, -0.15) is 0 Å². The SMILES string of the molecule is COc1ccc([I+]c2ccccc2)cc1.O=S(=O)([O-])c1ccc2ccc3cccc4ccc1c2c34. The lowest BCUT2D eigenvalue weighted by atomic mass is 9.94. The van der Waals surface area contributed by atoms with Crippen LogP contribution in [0.2, 0.25) is 0 Å². The zero-order valence-electron chi connectivity index (χ0n) is 18.8. The van der Waals surface area contributed by atoms with Crippen LogP contribution in [0.25, 0.3) is 32.3 Å². The molecule has 0 amide bonds. The zero-order valence-corrected chi connectivity index (χ0v) is 21.8. The van der Waals surface area contributed by atoms with Crippen LogP contribution in [0.15, 0.2) is 114 Å². The van der Waals surface area contributed by atoms with Gasteiger partial charge in [0.15, 0.2) is 7.14 Å². The average Bonchev–Trinajstić information content (AvgIpc) is 2.88. The minimum absolute atomic E-state index is 0.0449. The van der Waals surface area contributed by atoms with Crippen molar-refractivity contribution in [2.75, 3.05) is 7.11 Å². The van der Waals surface area contributed by atoms with Crippen LogP contribution >= 0.6 is 0 Å². The number of ether oxygens (including phenoxy) is 1. The van der Waals surface area contributed by atoms with E-state index in [1.165, 1.54) is 13.2 Å². The molecule has 0 atom stereocenters. The van der Waals surface area contributed by atoms with Gasteiger partial charge in [0.1, 0.15) is 15.9 Å². The van der Waals surface area contributed by atoms with Gasteiger partial charge < -0.3 is 9.29 Å². The van der Waals surface area contributed by atoms with Gasteiger partial charge in [-0.1, -0.05) is 66.7 Å². The third-order valence-electron chi connectivity index (χ3n) is 5.76. The minimum Gasteiger partial charge on any atom is -0.744 e. The predicted octanol–water partition coefficient (Wildman–Crippen LogP) is 3.31. The average molecular weight is 592 g/mol. The standard InChI is InChI=1S/C16H10O3S.C13H12IO/c17-20(18,19)14-9-7-12-5-4-10-2-1-3-11-6-8-13(14)16(12)15(10)11;1-15-13-9-7-12(8-10-13)14-11-5-3-2-4-6-11/h1-9H,(H,17,18,19);2-10H,1H3/q;+1/p-1. The van der Waals surface area contributed by atoms with Crippen molar-refractivity contribution in [2.45, 2.75) is 4.90 Å². The predicted molar refractivity (Wildman–Crippen MR) is 135 cm³/mol. The largest absolute Gasteiger partial charge is 0.744 e. The molecule has 0 aliphatic rings. The Labute approximate surface area is 214 Å². The van der Waals surface area contributed by atoms with E-state index in [-0.39, 0.29) is 26.1 Å². The fourth-order valence-corrected chi connectivity index (χ4v) is 7.05. The van der Waals surface area contributed by atoms with Crippen LogP contribution in [-0.2, 0) is 10.1 Å². The highest BCUT2D eigenvalue weighted by Gasteiger charge is 2.14. The Hall–Kier alpha value is -3.20. The van der Waals surface area contributed by atoms with Crippen molar-refractivity contribution < 1.29 is 38.9 Å². The van der Waals surface area contributed by atoms with Gasteiger partial charge in [-0.3, -0.25) is 0 Å². The van der Waals surface area contributed by atoms with Crippen LogP contribution in [0.5, 0.6) is 5.75 Å². The fourth-order valence-electron chi connectivity index (χ4n) is 4.16. The Morgan fingerprint density at radius 3 is 1.83 bits per heavy atom. The Morgan fingerprint density at radius 2 is 1.20 bits per heavy atom. The van der Waals surface area contributed by atoms with E-state index < -0.39 is 10.1 Å². The number of methoxy groups -OCH3 is 1. The first-order valence-electron chi connectivity index (χ1n) is 10.9. The molecule has 0 saturated carbocycles. The van der Waals surface area contributed by atoms with Gasteiger partial charge >= 0.3 is 21.2 Å². The van der Waals surface area contributed by atoms with E-state index in [4.69, 9.17) is 4.74 Å². The lowest BCUT2D eigenvalue weighted by Crippen LogP contribution is -3.61. The fraction of sp³-hybridized carbons (Fsp3) is 0.0345. The van der Waals surface area contributed by atoms with Gasteiger partial charge in [-0.05, 0) is 69.4 Å². The number of hydrogen-bond donors (Lipinski definition) is 0. The Morgan fingerprint density at radius 1 is 0.629 bits per heavy atom. The summed E-state index contributed by atoms with van der Waals surface area (Å²) in [4.78, 5) is -0.150. The highest BCUT2D eigenvalue weighted by Crippen LogP contribution is 2.36. The first kappa shape index (κ1) is 23.5. The second-order valence-corrected chi connectivity index (χ2v) is 12.3. The Balaban J connectivity index is 0.000000152. The molecule has 35 heavy (non-hydrogen) atoms. The second-order valence-electron chi connectivity index (χ2n) is 7.92. The maximum Gasteiger partial charge on any atom is 0.357 e. The molecule has 6 aromatic carbocycles. The highest BCUT2D eigenvalue weighted by atomic mass is 127. The van der Waals surface area contributed by atoms with Crippen molar-refractivity contribution in [3.63, 3.8) is 0 Å². The van der Waals surface area contributed by atoms with Crippen LogP contribution in [-0.4, -0.2) is 20.1 Å². The number of benzene rings is 6. The van der Waals surface area contributed by atoms with Crippen molar-refractivity contribution in [1.29, 1.82) is 0 Å². The maximum atomic E-state index is 11.4. The highest BCUT2D eigenvalue weighted by molar-refractivity contribution is 7.86. The molecule has 0 aliphatic heterocycles. The summed E-state index contributed by atoms with van der Waals surface area (Å²) in [5.74, 6) is 0.927. The van der Waals surface area contributed by atoms with Gasteiger partial charge in [0.2, 0.25) is 0 Å². The molecule has 0 radical (unpaired) electrons. The molecule has 0 unspecified atom stereocenters. The molecule has 0 fully saturated rings. The monoisotopic (exact) mass is 592 g/mol. The first-order valence-corrected chi connectivity index (χ1v) is 14.5. The van der Waals surface area contributed by atoms with Crippen molar-refractivity contribution in [3.8, 4) is 5.75 Å². The number of halogens is 1. The van der Waals surface area contributed by atoms with Gasteiger partial charge in [-0.15, -0.1) is 0 Å². The van der Waals surface area contributed by atoms with Crippen LogP contribution in [0.3, 0.4) is 0 Å². The number of rotatable bonds is 4. The van der Waals surface area contributed by atoms with Crippen LogP contribution in [0.4, 0.5) is 0 Å². The summed E-state index contributed by atoms with van der Waals surface area (Å²) >= 11 is -0.0449. The normalized spacial score (nSPS) is 11.5. The molecule has 0 aliphatic carbocycles. The molecule has 0 heterocycles. The maximum absolute atomic E-state index is 11.4. The second kappa shape index (κ2) is 9.81. The van der Waals surface area contributed by atoms with E-state index in [2.05, 4.69) is 42.5 Å². The zero-order chi connectivity index (χ0) is 24.4. The smallest absolute Gasteiger partial charge is 0.357 e. The molecule has 4 nitrogen and oxygen atoms in total. The van der Waals surface area contributed by atoms with Crippen molar-refractivity contribution in [1.82, 2.24) is 0 Å². The molecule has 174 valence electrons. The lowest BCUT2D eigenvalue weighted by molar-refractivity contribution is -0.597. The molecule has 0 saturated heterocycles. The quantitative estimate of drug-likeness (QED) is 0.179. The van der Waals surface area contributed by atoms with E-state index in [0.29, 0.717) is 5.39 Å². The summed E-state index contributed by atoms with van der Waals surface area (Å²) in [7, 11) is -2.78. The first-order chi connectivity index (χ1) is 16.9. The van der Waals surface area contributed by atoms with Crippen LogP contribution in [0.1, 0.15) is 0 Å². The summed E-state index contributed by atoms with van der Waals surface area (Å²) in [6.45, 7) is 0. The molecule has 6 aromatic rings. The van der Waals surface area contributed by atoms with E-state index in [1.54, 1.807) is 19.2 Å². The summed E-state index contributed by atoms with van der Waals surface area (Å²) < 4.78 is 42.3. The third-order valence-corrected chi connectivity index (χ3v) is 9.34. The van der Waals surface area contributed by atoms with Gasteiger partial charge in [0, 0.05) is 5.39 Å². The topological polar surface area (TPSA) is 66.4 Å². The minimum atomic E-state index is -4.48. The summed E-state index contributed by atoms with van der Waals surface area (Å²) in [6, 6.07) is 35.5. The van der Waals surface area contributed by atoms with E-state index in [9.17, 15) is 13.0 Å². The van der Waals surface area contributed by atoms with Crippen LogP contribution < -0.4 is 25.9 Å². The molecule has 0 aromatic heterocycles. The molecular weight excluding hydrogens is 571 g/mol. The summed E-state index contributed by atoms with van der Waals surface area (Å²) in [6.07, 6.45) is 0. The molecular formula is C29H21IO4S. The van der Waals surface area contributed by atoms with Crippen molar-refractivity contribution in [3.05, 3.63) is 116 Å². The summed E-state index contributed by atoms with van der Waals surface area (Å²) in [5.41, 5.74) is 0. The van der Waals surface area contributed by atoms with Crippen molar-refractivity contribution >= 4 is 42.4 Å². The molecule has 6 heteroatoms. The van der Waals surface area contributed by atoms with E-state index in [1.807, 2.05) is 48.5 Å². The Kier molecular flexibility index (Phi) is 6.60. The molecule has 0 N–H and O–H groups in total. The molecule has 0 spiro atoms. The van der Waals surface area contributed by atoms with E-state index >= 15 is 0 Å². The van der Waals surface area contributed by atoms with Crippen molar-refractivity contribution in [2.24, 2.45) is 0 Å². The number of hydrogen-bond acceptors (Lipinski definition) is 4. The third kappa shape index (κ3) is 4.96. The van der Waals surface area contributed by atoms with E-state index in [0.717, 1.165) is 32.7 Å². The van der Waals surface area contributed by atoms with Gasteiger partial charge in [-0.25, -0.2) is 8.42 Å². The lowest BCUT2D eigenvalue weighted by Gasteiger charge is -2.15. The van der Waals surface area contributed by atoms with Gasteiger partial charge in [0.25, 0.3) is 0 Å². The van der Waals surface area contributed by atoms with Crippen LogP contribution in [0, 0.1) is 7.14 Å². The molecule has 6 rings (SSSR count). The van der Waals surface area contributed by atoms with Gasteiger partial charge in [0.05, 0.1) is 12.0 Å². The summed E-state index contributed by atoms with van der Waals surface area (Å²) in [5, 5.41) is 5.38.